The Balaban J connectivity index is 2.37. The van der Waals surface area contributed by atoms with Crippen LogP contribution in [-0.2, 0) is 14.3 Å². The van der Waals surface area contributed by atoms with Gasteiger partial charge in [-0.25, -0.2) is 0 Å². The first-order chi connectivity index (χ1) is 8.13. The highest BCUT2D eigenvalue weighted by molar-refractivity contribution is 5.91. The number of carbonyl (C=O) groups is 1. The van der Waals surface area contributed by atoms with E-state index in [1.807, 2.05) is 0 Å². The predicted octanol–water partition coefficient (Wildman–Crippen LogP) is 1.30. The summed E-state index contributed by atoms with van der Waals surface area (Å²) < 4.78 is 9.86. The molecule has 17 heavy (non-hydrogen) atoms. The van der Waals surface area contributed by atoms with Crippen LogP contribution >= 0.6 is 0 Å². The highest BCUT2D eigenvalue weighted by atomic mass is 16.5. The maximum atomic E-state index is 11.4. The zero-order chi connectivity index (χ0) is 12.7. The number of phenols is 1. The number of aryl methyl sites for hydroxylation is 1. The van der Waals surface area contributed by atoms with E-state index < -0.39 is 0 Å². The predicted molar refractivity (Wildman–Crippen MR) is 64.2 cm³/mol. The fraction of sp³-hybridized carbons (Fsp3) is 0.417. The van der Waals surface area contributed by atoms with E-state index in [2.05, 4.69) is 5.32 Å². The normalized spacial score (nSPS) is 10.2. The van der Waals surface area contributed by atoms with Gasteiger partial charge in [-0.3, -0.25) is 4.79 Å². The molecule has 0 heterocycles. The van der Waals surface area contributed by atoms with Crippen LogP contribution in [0, 0.1) is 6.92 Å². The third kappa shape index (κ3) is 4.84. The lowest BCUT2D eigenvalue weighted by Gasteiger charge is -2.07. The van der Waals surface area contributed by atoms with Crippen LogP contribution in [0.15, 0.2) is 18.2 Å². The standard InChI is InChI=1S/C12H17NO4/c1-9-7-10(3-4-11(9)14)13-12(15)8-17-6-5-16-2/h3-4,7,14H,5-6,8H2,1-2H3,(H,13,15). The van der Waals surface area contributed by atoms with Crippen LogP contribution in [0.2, 0.25) is 0 Å². The highest BCUT2D eigenvalue weighted by Gasteiger charge is 2.03. The van der Waals surface area contributed by atoms with Crippen LogP contribution in [-0.4, -0.2) is 37.9 Å². The Hall–Kier alpha value is -1.59. The zero-order valence-electron chi connectivity index (χ0n) is 10.0. The number of carbonyl (C=O) groups excluding carboxylic acids is 1. The van der Waals surface area contributed by atoms with Gasteiger partial charge in [0.05, 0.1) is 13.2 Å². The number of hydrogen-bond acceptors (Lipinski definition) is 4. The summed E-state index contributed by atoms with van der Waals surface area (Å²) in [5.74, 6) is -0.0227. The molecule has 0 atom stereocenters. The average Bonchev–Trinajstić information content (AvgIpc) is 2.30. The van der Waals surface area contributed by atoms with Crippen molar-refractivity contribution in [3.63, 3.8) is 0 Å². The summed E-state index contributed by atoms with van der Waals surface area (Å²) in [4.78, 5) is 11.4. The zero-order valence-corrected chi connectivity index (χ0v) is 10.0. The molecule has 1 amide bonds. The summed E-state index contributed by atoms with van der Waals surface area (Å²) in [6, 6.07) is 4.87. The van der Waals surface area contributed by atoms with Crippen LogP contribution in [0.25, 0.3) is 0 Å². The Morgan fingerprint density at radius 3 is 2.82 bits per heavy atom. The second-order valence-electron chi connectivity index (χ2n) is 3.59. The van der Waals surface area contributed by atoms with Gasteiger partial charge in [-0.15, -0.1) is 0 Å². The molecule has 0 fully saturated rings. The summed E-state index contributed by atoms with van der Waals surface area (Å²) in [5.41, 5.74) is 1.35. The number of amides is 1. The Bertz CT molecular complexity index is 379. The third-order valence-electron chi connectivity index (χ3n) is 2.15. The molecule has 1 aromatic rings. The number of anilines is 1. The van der Waals surface area contributed by atoms with Crippen LogP contribution in [0.4, 0.5) is 5.69 Å². The highest BCUT2D eigenvalue weighted by Crippen LogP contribution is 2.19. The number of phenolic OH excluding ortho intramolecular Hbond substituents is 1. The molecule has 0 spiro atoms. The summed E-state index contributed by atoms with van der Waals surface area (Å²) in [7, 11) is 1.57. The van der Waals surface area contributed by atoms with E-state index in [0.717, 1.165) is 0 Å². The van der Waals surface area contributed by atoms with Crippen molar-refractivity contribution in [2.75, 3.05) is 32.2 Å². The largest absolute Gasteiger partial charge is 0.508 e. The number of benzene rings is 1. The minimum atomic E-state index is -0.230. The van der Waals surface area contributed by atoms with E-state index >= 15 is 0 Å². The molecule has 5 heteroatoms. The Morgan fingerprint density at radius 1 is 1.41 bits per heavy atom. The lowest BCUT2D eigenvalue weighted by molar-refractivity contribution is -0.121. The van der Waals surface area contributed by atoms with Gasteiger partial charge in [0.2, 0.25) is 5.91 Å². The molecule has 0 radical (unpaired) electrons. The van der Waals surface area contributed by atoms with Gasteiger partial charge >= 0.3 is 0 Å². The summed E-state index contributed by atoms with van der Waals surface area (Å²) in [5, 5.41) is 12.0. The van der Waals surface area contributed by atoms with Gasteiger partial charge in [-0.1, -0.05) is 0 Å². The van der Waals surface area contributed by atoms with Crippen molar-refractivity contribution in [2.45, 2.75) is 6.92 Å². The van der Waals surface area contributed by atoms with Crippen molar-refractivity contribution in [1.29, 1.82) is 0 Å². The lowest BCUT2D eigenvalue weighted by atomic mass is 10.2. The van der Waals surface area contributed by atoms with Gasteiger partial charge in [-0.2, -0.15) is 0 Å². The molecule has 0 aromatic heterocycles. The van der Waals surface area contributed by atoms with E-state index in [4.69, 9.17) is 9.47 Å². The molecule has 0 unspecified atom stereocenters. The molecule has 5 nitrogen and oxygen atoms in total. The van der Waals surface area contributed by atoms with Crippen LogP contribution in [0.5, 0.6) is 5.75 Å². The molecule has 0 aliphatic rings. The summed E-state index contributed by atoms with van der Waals surface area (Å²) >= 11 is 0. The van der Waals surface area contributed by atoms with Crippen molar-refractivity contribution >= 4 is 11.6 Å². The van der Waals surface area contributed by atoms with Gasteiger partial charge in [0.1, 0.15) is 12.4 Å². The van der Waals surface area contributed by atoms with Gasteiger partial charge in [0.25, 0.3) is 0 Å². The molecule has 0 bridgehead atoms. The van der Waals surface area contributed by atoms with E-state index in [-0.39, 0.29) is 18.3 Å². The minimum absolute atomic E-state index is 0.0106. The number of ether oxygens (including phenoxy) is 2. The molecule has 0 aliphatic heterocycles. The van der Waals surface area contributed by atoms with Crippen molar-refractivity contribution in [2.24, 2.45) is 0 Å². The molecular formula is C12H17NO4. The number of nitrogens with one attached hydrogen (secondary N) is 1. The number of methoxy groups -OCH3 is 1. The quantitative estimate of drug-likeness (QED) is 0.580. The SMILES string of the molecule is COCCOCC(=O)Nc1ccc(O)c(C)c1. The van der Waals surface area contributed by atoms with E-state index in [9.17, 15) is 9.90 Å². The number of aromatic hydroxyl groups is 1. The Morgan fingerprint density at radius 2 is 2.18 bits per heavy atom. The first-order valence-electron chi connectivity index (χ1n) is 5.29. The summed E-state index contributed by atoms with van der Waals surface area (Å²) in [6.45, 7) is 2.60. The first-order valence-corrected chi connectivity index (χ1v) is 5.29. The Kier molecular flexibility index (Phi) is 5.45. The average molecular weight is 239 g/mol. The Labute approximate surface area is 100 Å². The van der Waals surface area contributed by atoms with Crippen LogP contribution < -0.4 is 5.32 Å². The molecule has 1 rings (SSSR count). The van der Waals surface area contributed by atoms with Crippen molar-refractivity contribution in [1.82, 2.24) is 0 Å². The van der Waals surface area contributed by atoms with Gasteiger partial charge < -0.3 is 19.9 Å². The van der Waals surface area contributed by atoms with Crippen molar-refractivity contribution in [3.05, 3.63) is 23.8 Å². The summed E-state index contributed by atoms with van der Waals surface area (Å²) in [6.07, 6.45) is 0. The second-order valence-corrected chi connectivity index (χ2v) is 3.59. The minimum Gasteiger partial charge on any atom is -0.508 e. The number of hydrogen-bond donors (Lipinski definition) is 2. The molecule has 94 valence electrons. The monoisotopic (exact) mass is 239 g/mol. The second kappa shape index (κ2) is 6.88. The number of rotatable bonds is 6. The van der Waals surface area contributed by atoms with Gasteiger partial charge in [-0.05, 0) is 30.7 Å². The van der Waals surface area contributed by atoms with Crippen LogP contribution in [0.1, 0.15) is 5.56 Å². The van der Waals surface area contributed by atoms with E-state index in [0.29, 0.717) is 24.5 Å². The van der Waals surface area contributed by atoms with Crippen molar-refractivity contribution in [3.8, 4) is 5.75 Å². The fourth-order valence-corrected chi connectivity index (χ4v) is 1.24. The maximum absolute atomic E-state index is 11.4. The van der Waals surface area contributed by atoms with E-state index in [1.54, 1.807) is 26.2 Å². The van der Waals surface area contributed by atoms with E-state index in [1.165, 1.54) is 6.07 Å². The lowest BCUT2D eigenvalue weighted by Crippen LogP contribution is -2.19. The van der Waals surface area contributed by atoms with Gasteiger partial charge in [0.15, 0.2) is 0 Å². The molecule has 2 N–H and O–H groups in total. The topological polar surface area (TPSA) is 67.8 Å². The molecule has 1 aromatic carbocycles. The van der Waals surface area contributed by atoms with Gasteiger partial charge in [0, 0.05) is 12.8 Å². The molecule has 0 aliphatic carbocycles. The third-order valence-corrected chi connectivity index (χ3v) is 2.15. The van der Waals surface area contributed by atoms with Crippen molar-refractivity contribution < 1.29 is 19.4 Å². The molecular weight excluding hydrogens is 222 g/mol. The van der Waals surface area contributed by atoms with Crippen LogP contribution in [0.3, 0.4) is 0 Å². The fourth-order valence-electron chi connectivity index (χ4n) is 1.24. The first kappa shape index (κ1) is 13.5. The maximum Gasteiger partial charge on any atom is 0.250 e. The molecule has 0 saturated heterocycles. The smallest absolute Gasteiger partial charge is 0.250 e. The molecule has 0 saturated carbocycles.